The Morgan fingerprint density at radius 2 is 1.15 bits per heavy atom. The van der Waals surface area contributed by atoms with Gasteiger partial charge in [-0.15, -0.1) is 0 Å². The molecule has 27 heavy (non-hydrogen) atoms. The van der Waals surface area contributed by atoms with Gasteiger partial charge in [-0.05, 0) is 23.6 Å². The molecule has 0 aromatic heterocycles. The van der Waals surface area contributed by atoms with E-state index < -0.39 is 5.60 Å². The monoisotopic (exact) mass is 360 g/mol. The molecule has 3 aromatic rings. The minimum absolute atomic E-state index is 0.185. The first kappa shape index (κ1) is 18.9. The van der Waals surface area contributed by atoms with E-state index in [0.717, 1.165) is 16.7 Å². The highest BCUT2D eigenvalue weighted by atomic mass is 16.5. The van der Waals surface area contributed by atoms with Crippen LogP contribution in [0.3, 0.4) is 0 Å². The fourth-order valence-corrected chi connectivity index (χ4v) is 3.38. The minimum atomic E-state index is -0.822. The number of carbonyl (C=O) groups excluding carboxylic acids is 1. The third-order valence-corrected chi connectivity index (χ3v) is 4.60. The maximum Gasteiger partial charge on any atom is 0.308 e. The number of benzene rings is 3. The summed E-state index contributed by atoms with van der Waals surface area (Å²) in [5, 5.41) is 0. The second-order valence-corrected chi connectivity index (χ2v) is 6.49. The summed E-state index contributed by atoms with van der Waals surface area (Å²) in [6.45, 7) is 1.90. The van der Waals surface area contributed by atoms with Crippen molar-refractivity contribution in [2.75, 3.05) is 7.11 Å². The normalized spacial score (nSPS) is 12.4. The Balaban J connectivity index is 2.18. The molecular formula is C24H24O3. The van der Waals surface area contributed by atoms with Crippen LogP contribution in [0.2, 0.25) is 0 Å². The molecule has 0 aliphatic heterocycles. The molecule has 3 nitrogen and oxygen atoms in total. The van der Waals surface area contributed by atoms with Gasteiger partial charge in [-0.1, -0.05) is 91.0 Å². The van der Waals surface area contributed by atoms with Crippen molar-refractivity contribution >= 4 is 5.97 Å². The number of hydrogen-bond donors (Lipinski definition) is 0. The van der Waals surface area contributed by atoms with Crippen molar-refractivity contribution in [2.24, 2.45) is 0 Å². The molecule has 0 saturated heterocycles. The Morgan fingerprint density at radius 1 is 0.778 bits per heavy atom. The van der Waals surface area contributed by atoms with Crippen molar-refractivity contribution in [1.82, 2.24) is 0 Å². The molecule has 0 radical (unpaired) electrons. The molecule has 0 heterocycles. The Kier molecular flexibility index (Phi) is 6.05. The zero-order valence-corrected chi connectivity index (χ0v) is 15.7. The lowest BCUT2D eigenvalue weighted by Gasteiger charge is -2.38. The van der Waals surface area contributed by atoms with E-state index in [9.17, 15) is 4.79 Å². The first-order valence-electron chi connectivity index (χ1n) is 9.08. The Labute approximate surface area is 160 Å². The summed E-state index contributed by atoms with van der Waals surface area (Å²) in [5.74, 6) is -0.286. The van der Waals surface area contributed by atoms with Crippen LogP contribution in [0.4, 0.5) is 0 Å². The highest BCUT2D eigenvalue weighted by Gasteiger charge is 2.39. The molecule has 138 valence electrons. The molecular weight excluding hydrogens is 336 g/mol. The third-order valence-electron chi connectivity index (χ3n) is 4.60. The van der Waals surface area contributed by atoms with Gasteiger partial charge in [0.05, 0.1) is 19.6 Å². The summed E-state index contributed by atoms with van der Waals surface area (Å²) in [6.07, 6.45) is -0.150. The predicted molar refractivity (Wildman–Crippen MR) is 106 cm³/mol. The first-order valence-corrected chi connectivity index (χ1v) is 9.08. The predicted octanol–water partition coefficient (Wildman–Crippen LogP) is 4.95. The summed E-state index contributed by atoms with van der Waals surface area (Å²) >= 11 is 0. The molecule has 0 aliphatic carbocycles. The van der Waals surface area contributed by atoms with Gasteiger partial charge in [-0.25, -0.2) is 0 Å². The Hall–Kier alpha value is -2.91. The third kappa shape index (κ3) is 4.09. The van der Waals surface area contributed by atoms with Crippen molar-refractivity contribution in [2.45, 2.75) is 25.0 Å². The molecule has 3 heteroatoms. The number of methoxy groups -OCH3 is 1. The van der Waals surface area contributed by atoms with Gasteiger partial charge in [-0.3, -0.25) is 4.79 Å². The molecule has 0 unspecified atom stereocenters. The van der Waals surface area contributed by atoms with Crippen molar-refractivity contribution in [3.8, 4) is 0 Å². The zero-order valence-electron chi connectivity index (χ0n) is 15.7. The van der Waals surface area contributed by atoms with Crippen LogP contribution in [0.5, 0.6) is 0 Å². The average Bonchev–Trinajstić information content (AvgIpc) is 2.74. The molecule has 0 amide bonds. The molecule has 3 aromatic carbocycles. The van der Waals surface area contributed by atoms with E-state index in [-0.39, 0.29) is 18.5 Å². The number of hydrogen-bond acceptors (Lipinski definition) is 3. The molecule has 0 bridgehead atoms. The SMILES string of the molecule is COC(=O)C[C@H](C)OC(c1ccccc1)(c1ccccc1)c1ccccc1. The lowest BCUT2D eigenvalue weighted by molar-refractivity contribution is -0.145. The summed E-state index contributed by atoms with van der Waals surface area (Å²) in [5.41, 5.74) is 2.22. The minimum Gasteiger partial charge on any atom is -0.469 e. The largest absolute Gasteiger partial charge is 0.469 e. The van der Waals surface area contributed by atoms with E-state index >= 15 is 0 Å². The van der Waals surface area contributed by atoms with Crippen molar-refractivity contribution in [3.05, 3.63) is 108 Å². The van der Waals surface area contributed by atoms with E-state index in [1.54, 1.807) is 0 Å². The Bertz CT molecular complexity index is 748. The van der Waals surface area contributed by atoms with Crippen LogP contribution in [0.25, 0.3) is 0 Å². The van der Waals surface area contributed by atoms with Gasteiger partial charge in [0.15, 0.2) is 0 Å². The topological polar surface area (TPSA) is 35.5 Å². The standard InChI is InChI=1S/C24H24O3/c1-19(18-23(25)26-2)27-24(20-12-6-3-7-13-20,21-14-8-4-9-15-21)22-16-10-5-11-17-22/h3-17,19H,18H2,1-2H3/t19-/m0/s1. The fourth-order valence-electron chi connectivity index (χ4n) is 3.38. The van der Waals surface area contributed by atoms with Gasteiger partial charge in [0.1, 0.15) is 5.60 Å². The maximum absolute atomic E-state index is 11.8. The summed E-state index contributed by atoms with van der Waals surface area (Å²) in [7, 11) is 1.40. The van der Waals surface area contributed by atoms with Gasteiger partial charge < -0.3 is 9.47 Å². The maximum atomic E-state index is 11.8. The van der Waals surface area contributed by atoms with Crippen LogP contribution in [-0.2, 0) is 19.9 Å². The van der Waals surface area contributed by atoms with Gasteiger partial charge in [0.25, 0.3) is 0 Å². The van der Waals surface area contributed by atoms with Crippen LogP contribution in [0.1, 0.15) is 30.0 Å². The van der Waals surface area contributed by atoms with E-state index in [1.807, 2.05) is 61.5 Å². The van der Waals surface area contributed by atoms with E-state index in [1.165, 1.54) is 7.11 Å². The zero-order chi connectivity index (χ0) is 19.1. The number of esters is 1. The molecule has 1 atom stereocenters. The molecule has 0 fully saturated rings. The van der Waals surface area contributed by atoms with Crippen LogP contribution in [0.15, 0.2) is 91.0 Å². The lowest BCUT2D eigenvalue weighted by atomic mass is 9.80. The molecule has 0 spiro atoms. The van der Waals surface area contributed by atoms with Crippen molar-refractivity contribution < 1.29 is 14.3 Å². The summed E-state index contributed by atoms with van der Waals surface area (Å²) in [4.78, 5) is 11.8. The molecule has 0 N–H and O–H groups in total. The molecule has 3 rings (SSSR count). The van der Waals surface area contributed by atoms with E-state index in [4.69, 9.17) is 9.47 Å². The van der Waals surface area contributed by atoms with E-state index in [0.29, 0.717) is 0 Å². The second kappa shape index (κ2) is 8.65. The highest BCUT2D eigenvalue weighted by Crippen LogP contribution is 2.41. The van der Waals surface area contributed by atoms with E-state index in [2.05, 4.69) is 36.4 Å². The number of rotatable bonds is 7. The molecule has 0 saturated carbocycles. The van der Waals surface area contributed by atoms with Crippen LogP contribution in [-0.4, -0.2) is 19.2 Å². The lowest BCUT2D eigenvalue weighted by Crippen LogP contribution is -2.36. The van der Waals surface area contributed by atoms with Gasteiger partial charge in [0.2, 0.25) is 0 Å². The highest BCUT2D eigenvalue weighted by molar-refractivity contribution is 5.69. The smallest absolute Gasteiger partial charge is 0.308 e. The summed E-state index contributed by atoms with van der Waals surface area (Å²) in [6, 6.07) is 30.4. The quantitative estimate of drug-likeness (QED) is 0.442. The van der Waals surface area contributed by atoms with Gasteiger partial charge in [0, 0.05) is 0 Å². The van der Waals surface area contributed by atoms with Crippen molar-refractivity contribution in [3.63, 3.8) is 0 Å². The van der Waals surface area contributed by atoms with Gasteiger partial charge >= 0.3 is 5.97 Å². The van der Waals surface area contributed by atoms with Crippen LogP contribution < -0.4 is 0 Å². The molecule has 0 aliphatic rings. The average molecular weight is 360 g/mol. The van der Waals surface area contributed by atoms with Crippen molar-refractivity contribution in [1.29, 1.82) is 0 Å². The number of carbonyl (C=O) groups is 1. The van der Waals surface area contributed by atoms with Crippen LogP contribution in [0, 0.1) is 0 Å². The second-order valence-electron chi connectivity index (χ2n) is 6.49. The van der Waals surface area contributed by atoms with Crippen LogP contribution >= 0.6 is 0 Å². The summed E-state index contributed by atoms with van der Waals surface area (Å²) < 4.78 is 11.5. The fraction of sp³-hybridized carbons (Fsp3) is 0.208. The van der Waals surface area contributed by atoms with Gasteiger partial charge in [-0.2, -0.15) is 0 Å². The number of ether oxygens (including phenoxy) is 2. The Morgan fingerprint density at radius 3 is 1.48 bits per heavy atom. The first-order chi connectivity index (χ1) is 13.2.